The van der Waals surface area contributed by atoms with Gasteiger partial charge in [0.15, 0.2) is 0 Å². The minimum Gasteiger partial charge on any atom is -0.494 e. The third-order valence-corrected chi connectivity index (χ3v) is 3.54. The normalized spacial score (nSPS) is 11.1. The zero-order chi connectivity index (χ0) is 13.1. The minimum atomic E-state index is 0.704. The van der Waals surface area contributed by atoms with Crippen molar-refractivity contribution in [3.8, 4) is 5.75 Å². The van der Waals surface area contributed by atoms with Crippen LogP contribution in [0.4, 0.5) is 0 Å². The number of fused-ring (bicyclic) bond motifs is 1. The monoisotopic (exact) mass is 246 g/mol. The van der Waals surface area contributed by atoms with Crippen LogP contribution in [0, 0.1) is 6.92 Å². The van der Waals surface area contributed by atoms with Crippen LogP contribution in [-0.2, 0) is 13.5 Å². The van der Waals surface area contributed by atoms with Gasteiger partial charge in [-0.3, -0.25) is 0 Å². The zero-order valence-corrected chi connectivity index (χ0v) is 11.5. The van der Waals surface area contributed by atoms with Crippen molar-refractivity contribution in [3.63, 3.8) is 0 Å². The van der Waals surface area contributed by atoms with E-state index in [0.717, 1.165) is 25.1 Å². The van der Waals surface area contributed by atoms with Gasteiger partial charge in [-0.15, -0.1) is 0 Å². The van der Waals surface area contributed by atoms with Gasteiger partial charge in [0, 0.05) is 23.6 Å². The maximum Gasteiger partial charge on any atom is 0.120 e. The van der Waals surface area contributed by atoms with Crippen LogP contribution in [0.25, 0.3) is 10.9 Å². The fourth-order valence-electron chi connectivity index (χ4n) is 2.48. The molecule has 0 aliphatic carbocycles. The number of nitrogens with two attached hydrogens (primary N) is 1. The number of ether oxygens (including phenoxy) is 1. The Kier molecular flexibility index (Phi) is 3.92. The van der Waals surface area contributed by atoms with E-state index in [1.54, 1.807) is 0 Å². The quantitative estimate of drug-likeness (QED) is 0.881. The zero-order valence-electron chi connectivity index (χ0n) is 11.5. The first-order valence-electron chi connectivity index (χ1n) is 6.59. The molecule has 2 rings (SSSR count). The van der Waals surface area contributed by atoms with Crippen molar-refractivity contribution in [1.82, 2.24) is 4.57 Å². The molecule has 0 amide bonds. The summed E-state index contributed by atoms with van der Waals surface area (Å²) in [6.45, 7) is 5.62. The summed E-state index contributed by atoms with van der Waals surface area (Å²) in [6.07, 6.45) is 2.06. The third kappa shape index (κ3) is 2.23. The highest BCUT2D eigenvalue weighted by Gasteiger charge is 2.12. The average Bonchev–Trinajstić information content (AvgIpc) is 2.60. The largest absolute Gasteiger partial charge is 0.494 e. The molecule has 1 heterocycles. The van der Waals surface area contributed by atoms with Gasteiger partial charge in [0.1, 0.15) is 5.75 Å². The fraction of sp³-hybridized carbons (Fsp3) is 0.467. The number of nitrogens with zero attached hydrogens (tertiary/aromatic N) is 1. The Morgan fingerprint density at radius 2 is 2.11 bits per heavy atom. The number of hydrogen-bond donors (Lipinski definition) is 1. The molecule has 0 aliphatic rings. The predicted octanol–water partition coefficient (Wildman–Crippen LogP) is 2.78. The van der Waals surface area contributed by atoms with Crippen molar-refractivity contribution in [3.05, 3.63) is 29.5 Å². The number of rotatable bonds is 5. The molecule has 1 aromatic carbocycles. The van der Waals surface area contributed by atoms with Crippen molar-refractivity contribution >= 4 is 10.9 Å². The van der Waals surface area contributed by atoms with Crippen LogP contribution >= 0.6 is 0 Å². The van der Waals surface area contributed by atoms with E-state index in [4.69, 9.17) is 10.5 Å². The molecule has 0 saturated carbocycles. The third-order valence-electron chi connectivity index (χ3n) is 3.54. The summed E-state index contributed by atoms with van der Waals surface area (Å²) >= 11 is 0. The molecule has 3 nitrogen and oxygen atoms in total. The number of aromatic nitrogens is 1. The molecule has 0 aliphatic heterocycles. The van der Waals surface area contributed by atoms with E-state index in [-0.39, 0.29) is 0 Å². The number of benzene rings is 1. The number of hydrogen-bond acceptors (Lipinski definition) is 2. The lowest BCUT2D eigenvalue weighted by Gasteiger charge is -2.04. The van der Waals surface area contributed by atoms with Gasteiger partial charge in [0.25, 0.3) is 0 Å². The Morgan fingerprint density at radius 1 is 1.33 bits per heavy atom. The van der Waals surface area contributed by atoms with Crippen molar-refractivity contribution in [2.45, 2.75) is 26.7 Å². The molecule has 0 spiro atoms. The molecule has 2 aromatic rings. The van der Waals surface area contributed by atoms with Gasteiger partial charge < -0.3 is 15.0 Å². The Morgan fingerprint density at radius 3 is 2.78 bits per heavy atom. The van der Waals surface area contributed by atoms with Crippen molar-refractivity contribution in [2.75, 3.05) is 13.2 Å². The van der Waals surface area contributed by atoms with Crippen molar-refractivity contribution in [1.29, 1.82) is 0 Å². The van der Waals surface area contributed by atoms with Crippen LogP contribution in [-0.4, -0.2) is 17.7 Å². The smallest absolute Gasteiger partial charge is 0.120 e. The summed E-state index contributed by atoms with van der Waals surface area (Å²) in [5.74, 6) is 0.949. The molecule has 0 fully saturated rings. The Bertz CT molecular complexity index is 543. The van der Waals surface area contributed by atoms with Crippen molar-refractivity contribution < 1.29 is 4.74 Å². The molecule has 0 radical (unpaired) electrons. The van der Waals surface area contributed by atoms with E-state index in [1.165, 1.54) is 22.2 Å². The Balaban J connectivity index is 2.52. The highest BCUT2D eigenvalue weighted by Crippen LogP contribution is 2.29. The van der Waals surface area contributed by atoms with Crippen LogP contribution in [0.15, 0.2) is 18.2 Å². The molecule has 18 heavy (non-hydrogen) atoms. The molecule has 3 heteroatoms. The summed E-state index contributed by atoms with van der Waals surface area (Å²) in [7, 11) is 2.12. The first-order chi connectivity index (χ1) is 8.69. The highest BCUT2D eigenvalue weighted by molar-refractivity contribution is 5.86. The van der Waals surface area contributed by atoms with Crippen LogP contribution in [0.5, 0.6) is 5.75 Å². The lowest BCUT2D eigenvalue weighted by atomic mass is 10.1. The predicted molar refractivity (Wildman–Crippen MR) is 76.2 cm³/mol. The first kappa shape index (κ1) is 13.0. The van der Waals surface area contributed by atoms with Crippen molar-refractivity contribution in [2.24, 2.45) is 12.8 Å². The van der Waals surface area contributed by atoms with Gasteiger partial charge in [-0.2, -0.15) is 0 Å². The topological polar surface area (TPSA) is 40.2 Å². The van der Waals surface area contributed by atoms with Crippen LogP contribution < -0.4 is 10.5 Å². The molecule has 2 N–H and O–H groups in total. The summed E-state index contributed by atoms with van der Waals surface area (Å²) in [5.41, 5.74) is 9.62. The fourth-order valence-corrected chi connectivity index (χ4v) is 2.48. The van der Waals surface area contributed by atoms with E-state index in [9.17, 15) is 0 Å². The van der Waals surface area contributed by atoms with E-state index in [2.05, 4.69) is 30.7 Å². The average molecular weight is 246 g/mol. The minimum absolute atomic E-state index is 0.704. The Labute approximate surface area is 109 Å². The van der Waals surface area contributed by atoms with E-state index in [1.807, 2.05) is 13.0 Å². The molecular formula is C15H22N2O. The van der Waals surface area contributed by atoms with Gasteiger partial charge in [-0.05, 0) is 57.0 Å². The lowest BCUT2D eigenvalue weighted by molar-refractivity contribution is 0.340. The standard InChI is InChI=1S/C15H22N2O/c1-4-18-12-7-8-15-14(10-12)13(6-5-9-16)11(2)17(15)3/h7-8,10H,4-6,9,16H2,1-3H3. The second kappa shape index (κ2) is 5.44. The van der Waals surface area contributed by atoms with Gasteiger partial charge in [-0.1, -0.05) is 0 Å². The second-order valence-electron chi connectivity index (χ2n) is 4.63. The van der Waals surface area contributed by atoms with E-state index >= 15 is 0 Å². The Hall–Kier alpha value is -1.48. The van der Waals surface area contributed by atoms with Crippen LogP contribution in [0.1, 0.15) is 24.6 Å². The SMILES string of the molecule is CCOc1ccc2c(c1)c(CCCN)c(C)n2C. The number of aryl methyl sites for hydroxylation is 2. The van der Waals surface area contributed by atoms with Gasteiger partial charge in [0.05, 0.1) is 6.61 Å². The summed E-state index contributed by atoms with van der Waals surface area (Å²) in [5, 5.41) is 1.30. The highest BCUT2D eigenvalue weighted by atomic mass is 16.5. The van der Waals surface area contributed by atoms with Gasteiger partial charge in [-0.25, -0.2) is 0 Å². The van der Waals surface area contributed by atoms with E-state index in [0.29, 0.717) is 6.61 Å². The molecule has 98 valence electrons. The van der Waals surface area contributed by atoms with Crippen LogP contribution in [0.3, 0.4) is 0 Å². The molecular weight excluding hydrogens is 224 g/mol. The maximum absolute atomic E-state index is 5.62. The molecule has 1 aromatic heterocycles. The summed E-state index contributed by atoms with van der Waals surface area (Å²) in [4.78, 5) is 0. The van der Waals surface area contributed by atoms with Crippen LogP contribution in [0.2, 0.25) is 0 Å². The molecule has 0 saturated heterocycles. The molecule has 0 unspecified atom stereocenters. The first-order valence-corrected chi connectivity index (χ1v) is 6.59. The van der Waals surface area contributed by atoms with Gasteiger partial charge in [0.2, 0.25) is 0 Å². The summed E-state index contributed by atoms with van der Waals surface area (Å²) in [6, 6.07) is 6.33. The molecule has 0 bridgehead atoms. The maximum atomic E-state index is 5.62. The van der Waals surface area contributed by atoms with E-state index < -0.39 is 0 Å². The molecule has 0 atom stereocenters. The van der Waals surface area contributed by atoms with Gasteiger partial charge >= 0.3 is 0 Å². The second-order valence-corrected chi connectivity index (χ2v) is 4.63. The summed E-state index contributed by atoms with van der Waals surface area (Å²) < 4.78 is 7.84. The lowest BCUT2D eigenvalue weighted by Crippen LogP contribution is -2.01.